The van der Waals surface area contributed by atoms with Gasteiger partial charge in [-0.3, -0.25) is 0 Å². The Hall–Kier alpha value is -1.61. The van der Waals surface area contributed by atoms with Crippen molar-refractivity contribution in [3.05, 3.63) is 36.0 Å². The lowest BCUT2D eigenvalue weighted by molar-refractivity contribution is 0.283. The zero-order valence-corrected chi connectivity index (χ0v) is 12.0. The minimum atomic E-state index is 0.0426. The molecular weight excluding hydrogens is 248 g/mol. The summed E-state index contributed by atoms with van der Waals surface area (Å²) in [7, 11) is 2.16. The highest BCUT2D eigenvalue weighted by molar-refractivity contribution is 5.94. The van der Waals surface area contributed by atoms with E-state index in [-0.39, 0.29) is 6.61 Å². The van der Waals surface area contributed by atoms with E-state index in [0.717, 1.165) is 22.2 Å². The number of benzene rings is 1. The van der Waals surface area contributed by atoms with Gasteiger partial charge >= 0.3 is 0 Å². The predicted octanol–water partition coefficient (Wildman–Crippen LogP) is 3.50. The summed E-state index contributed by atoms with van der Waals surface area (Å²) >= 11 is 0. The fraction of sp³-hybridized carbons (Fsp3) is 0.471. The number of rotatable bonds is 3. The molecule has 1 aromatic heterocycles. The molecule has 0 saturated heterocycles. The molecule has 1 N–H and O–H groups in total. The van der Waals surface area contributed by atoms with Crippen LogP contribution >= 0.6 is 0 Å². The lowest BCUT2D eigenvalue weighted by Crippen LogP contribution is -2.34. The van der Waals surface area contributed by atoms with Crippen LogP contribution in [0.4, 0.5) is 5.82 Å². The van der Waals surface area contributed by atoms with E-state index < -0.39 is 0 Å². The highest BCUT2D eigenvalue weighted by Gasteiger charge is 2.21. The molecule has 0 aliphatic heterocycles. The van der Waals surface area contributed by atoms with Crippen molar-refractivity contribution in [1.29, 1.82) is 0 Å². The van der Waals surface area contributed by atoms with Gasteiger partial charge in [0, 0.05) is 30.2 Å². The summed E-state index contributed by atoms with van der Waals surface area (Å²) in [4.78, 5) is 6.95. The van der Waals surface area contributed by atoms with Crippen LogP contribution < -0.4 is 4.90 Å². The van der Waals surface area contributed by atoms with Gasteiger partial charge in [0.25, 0.3) is 0 Å². The van der Waals surface area contributed by atoms with E-state index in [9.17, 15) is 5.11 Å². The van der Waals surface area contributed by atoms with Gasteiger partial charge in [-0.15, -0.1) is 0 Å². The van der Waals surface area contributed by atoms with Crippen molar-refractivity contribution in [2.45, 2.75) is 44.8 Å². The molecule has 0 amide bonds. The summed E-state index contributed by atoms with van der Waals surface area (Å²) in [6.45, 7) is 0.0426. The van der Waals surface area contributed by atoms with Gasteiger partial charge in [0.05, 0.1) is 6.61 Å². The van der Waals surface area contributed by atoms with Crippen LogP contribution in [0.1, 0.15) is 37.7 Å². The number of aliphatic hydroxyl groups is 1. The monoisotopic (exact) mass is 270 g/mol. The molecule has 3 rings (SSSR count). The quantitative estimate of drug-likeness (QED) is 0.927. The van der Waals surface area contributed by atoms with Gasteiger partial charge in [0.15, 0.2) is 0 Å². The number of fused-ring (bicyclic) bond motifs is 1. The van der Waals surface area contributed by atoms with Gasteiger partial charge in [-0.1, -0.05) is 43.5 Å². The van der Waals surface area contributed by atoms with Gasteiger partial charge in [0.2, 0.25) is 0 Å². The molecule has 1 saturated carbocycles. The van der Waals surface area contributed by atoms with E-state index in [2.05, 4.69) is 29.1 Å². The molecule has 0 atom stereocenters. The number of pyridine rings is 1. The fourth-order valence-corrected chi connectivity index (χ4v) is 3.28. The molecule has 3 nitrogen and oxygen atoms in total. The number of hydrogen-bond donors (Lipinski definition) is 1. The van der Waals surface area contributed by atoms with E-state index in [4.69, 9.17) is 0 Å². The Morgan fingerprint density at radius 2 is 1.85 bits per heavy atom. The first-order valence-corrected chi connectivity index (χ1v) is 7.51. The maximum Gasteiger partial charge on any atom is 0.136 e. The molecule has 3 heteroatoms. The largest absolute Gasteiger partial charge is 0.392 e. The van der Waals surface area contributed by atoms with Gasteiger partial charge in [0.1, 0.15) is 5.82 Å². The van der Waals surface area contributed by atoms with Crippen LogP contribution in [-0.2, 0) is 6.61 Å². The Kier molecular flexibility index (Phi) is 3.88. The van der Waals surface area contributed by atoms with Crippen molar-refractivity contribution in [1.82, 2.24) is 4.98 Å². The zero-order chi connectivity index (χ0) is 13.9. The second kappa shape index (κ2) is 5.80. The third-order valence-electron chi connectivity index (χ3n) is 4.48. The predicted molar refractivity (Wildman–Crippen MR) is 82.9 cm³/mol. The second-order valence-corrected chi connectivity index (χ2v) is 5.71. The van der Waals surface area contributed by atoms with Gasteiger partial charge < -0.3 is 10.0 Å². The molecule has 0 unspecified atom stereocenters. The Morgan fingerprint density at radius 1 is 1.15 bits per heavy atom. The lowest BCUT2D eigenvalue weighted by Gasteiger charge is -2.33. The summed E-state index contributed by atoms with van der Waals surface area (Å²) in [6.07, 6.45) is 8.34. The van der Waals surface area contributed by atoms with Gasteiger partial charge in [-0.05, 0) is 18.2 Å². The highest BCUT2D eigenvalue weighted by Crippen LogP contribution is 2.31. The molecule has 1 aliphatic carbocycles. The third kappa shape index (κ3) is 2.38. The van der Waals surface area contributed by atoms with Crippen LogP contribution in [0, 0.1) is 0 Å². The van der Waals surface area contributed by atoms with Crippen molar-refractivity contribution in [3.63, 3.8) is 0 Å². The second-order valence-electron chi connectivity index (χ2n) is 5.71. The molecule has 106 valence electrons. The van der Waals surface area contributed by atoms with Gasteiger partial charge in [-0.2, -0.15) is 0 Å². The Labute approximate surface area is 120 Å². The molecular formula is C17H22N2O. The van der Waals surface area contributed by atoms with Crippen molar-refractivity contribution in [2.24, 2.45) is 0 Å². The fourth-order valence-electron chi connectivity index (χ4n) is 3.28. The average Bonchev–Trinajstić information content (AvgIpc) is 2.54. The molecule has 1 aromatic carbocycles. The molecule has 1 fully saturated rings. The normalized spacial score (nSPS) is 16.5. The van der Waals surface area contributed by atoms with E-state index in [1.54, 1.807) is 0 Å². The lowest BCUT2D eigenvalue weighted by atomic mass is 9.94. The van der Waals surface area contributed by atoms with E-state index in [0.29, 0.717) is 6.04 Å². The first-order chi connectivity index (χ1) is 9.81. The maximum absolute atomic E-state index is 9.46. The molecule has 0 spiro atoms. The molecule has 0 bridgehead atoms. The average molecular weight is 270 g/mol. The third-order valence-corrected chi connectivity index (χ3v) is 4.48. The van der Waals surface area contributed by atoms with Crippen LogP contribution in [0.3, 0.4) is 0 Å². The van der Waals surface area contributed by atoms with Crippen LogP contribution in [0.2, 0.25) is 0 Å². The first kappa shape index (κ1) is 13.4. The van der Waals surface area contributed by atoms with Crippen molar-refractivity contribution in [2.75, 3.05) is 11.9 Å². The Morgan fingerprint density at radius 3 is 2.55 bits per heavy atom. The van der Waals surface area contributed by atoms with E-state index >= 15 is 0 Å². The molecule has 1 heterocycles. The van der Waals surface area contributed by atoms with E-state index in [1.807, 2.05) is 18.3 Å². The van der Waals surface area contributed by atoms with Crippen LogP contribution in [-0.4, -0.2) is 23.2 Å². The number of aliphatic hydroxyl groups excluding tert-OH is 1. The summed E-state index contributed by atoms with van der Waals surface area (Å²) in [6, 6.07) is 8.84. The molecule has 1 aliphatic rings. The minimum absolute atomic E-state index is 0.0426. The molecule has 20 heavy (non-hydrogen) atoms. The Bertz CT molecular complexity index is 591. The van der Waals surface area contributed by atoms with Crippen molar-refractivity contribution >= 4 is 16.6 Å². The van der Waals surface area contributed by atoms with Crippen LogP contribution in [0.15, 0.2) is 30.5 Å². The van der Waals surface area contributed by atoms with Crippen LogP contribution in [0.25, 0.3) is 10.8 Å². The minimum Gasteiger partial charge on any atom is -0.392 e. The number of nitrogens with zero attached hydrogens (tertiary/aromatic N) is 2. The Balaban J connectivity index is 2.02. The van der Waals surface area contributed by atoms with E-state index in [1.165, 1.54) is 32.1 Å². The molecule has 0 radical (unpaired) electrons. The summed E-state index contributed by atoms with van der Waals surface area (Å²) in [5.41, 5.74) is 0.904. The smallest absolute Gasteiger partial charge is 0.136 e. The SMILES string of the molecule is CN(c1ncc(CO)c2ccccc12)C1CCCCC1. The number of aromatic nitrogens is 1. The molecule has 2 aromatic rings. The van der Waals surface area contributed by atoms with Crippen LogP contribution in [0.5, 0.6) is 0 Å². The summed E-state index contributed by atoms with van der Waals surface area (Å²) in [5, 5.41) is 11.7. The van der Waals surface area contributed by atoms with Crippen molar-refractivity contribution in [3.8, 4) is 0 Å². The topological polar surface area (TPSA) is 36.4 Å². The van der Waals surface area contributed by atoms with Crippen molar-refractivity contribution < 1.29 is 5.11 Å². The standard InChI is InChI=1S/C17H22N2O/c1-19(14-7-3-2-4-8-14)17-16-10-6-5-9-15(16)13(12-20)11-18-17/h5-6,9-11,14,20H,2-4,7-8,12H2,1H3. The number of hydrogen-bond acceptors (Lipinski definition) is 3. The highest BCUT2D eigenvalue weighted by atomic mass is 16.3. The number of anilines is 1. The summed E-state index contributed by atoms with van der Waals surface area (Å²) < 4.78 is 0. The van der Waals surface area contributed by atoms with Gasteiger partial charge in [-0.25, -0.2) is 4.98 Å². The maximum atomic E-state index is 9.46. The zero-order valence-electron chi connectivity index (χ0n) is 12.0. The summed E-state index contributed by atoms with van der Waals surface area (Å²) in [5.74, 6) is 1.05. The first-order valence-electron chi connectivity index (χ1n) is 7.51.